The molecular formula is C16H20N4O. The van der Waals surface area contributed by atoms with Gasteiger partial charge in [-0.1, -0.05) is 18.2 Å². The van der Waals surface area contributed by atoms with Gasteiger partial charge in [0.15, 0.2) is 0 Å². The second kappa shape index (κ2) is 4.56. The van der Waals surface area contributed by atoms with Gasteiger partial charge in [0.25, 0.3) is 0 Å². The van der Waals surface area contributed by atoms with Crippen LogP contribution in [0.2, 0.25) is 0 Å². The summed E-state index contributed by atoms with van der Waals surface area (Å²) in [4.78, 5) is 12.4. The molecule has 2 unspecified atom stereocenters. The van der Waals surface area contributed by atoms with Crippen LogP contribution in [-0.4, -0.2) is 28.8 Å². The Morgan fingerprint density at radius 3 is 2.86 bits per heavy atom. The second-order valence-electron chi connectivity index (χ2n) is 6.27. The Labute approximate surface area is 123 Å². The Kier molecular flexibility index (Phi) is 2.79. The van der Waals surface area contributed by atoms with E-state index in [2.05, 4.69) is 27.9 Å². The summed E-state index contributed by atoms with van der Waals surface area (Å²) in [5, 5.41) is 12.2. The molecule has 1 aliphatic carbocycles. The minimum atomic E-state index is -0.0575. The molecule has 5 heteroatoms. The van der Waals surface area contributed by atoms with E-state index in [-0.39, 0.29) is 17.9 Å². The molecule has 0 radical (unpaired) electrons. The molecule has 1 amide bonds. The molecule has 4 rings (SSSR count). The molecule has 0 spiro atoms. The van der Waals surface area contributed by atoms with Crippen molar-refractivity contribution >= 4 is 16.8 Å². The van der Waals surface area contributed by atoms with Crippen LogP contribution in [-0.2, 0) is 11.8 Å². The second-order valence-corrected chi connectivity index (χ2v) is 6.27. The Balaban J connectivity index is 1.54. The van der Waals surface area contributed by atoms with E-state index in [9.17, 15) is 4.79 Å². The summed E-state index contributed by atoms with van der Waals surface area (Å²) >= 11 is 0. The number of aryl methyl sites for hydroxylation is 1. The first-order valence-corrected chi connectivity index (χ1v) is 7.59. The molecule has 1 aromatic carbocycles. The van der Waals surface area contributed by atoms with Gasteiger partial charge in [0.2, 0.25) is 5.91 Å². The van der Waals surface area contributed by atoms with Crippen LogP contribution in [0.25, 0.3) is 10.9 Å². The van der Waals surface area contributed by atoms with Gasteiger partial charge in [-0.25, -0.2) is 0 Å². The molecule has 2 aromatic rings. The van der Waals surface area contributed by atoms with Crippen molar-refractivity contribution in [3.8, 4) is 0 Å². The van der Waals surface area contributed by atoms with Crippen LogP contribution in [0.5, 0.6) is 0 Å². The van der Waals surface area contributed by atoms with Gasteiger partial charge in [0, 0.05) is 18.4 Å². The lowest BCUT2D eigenvalue weighted by Gasteiger charge is -2.13. The molecule has 1 saturated heterocycles. The number of rotatable bonds is 3. The van der Waals surface area contributed by atoms with E-state index in [1.807, 2.05) is 30.8 Å². The number of hydrogen-bond acceptors (Lipinski definition) is 3. The fraction of sp³-hybridized carbons (Fsp3) is 0.500. The van der Waals surface area contributed by atoms with Crippen molar-refractivity contribution in [1.29, 1.82) is 0 Å². The normalized spacial score (nSPS) is 28.4. The van der Waals surface area contributed by atoms with Crippen LogP contribution in [0, 0.1) is 17.8 Å². The Hall–Kier alpha value is -1.88. The number of amides is 1. The molecule has 110 valence electrons. The molecule has 2 N–H and O–H groups in total. The van der Waals surface area contributed by atoms with Crippen LogP contribution in [0.15, 0.2) is 24.3 Å². The van der Waals surface area contributed by atoms with E-state index in [4.69, 9.17) is 0 Å². The average Bonchev–Trinajstić information content (AvgIpc) is 2.83. The molecule has 2 fully saturated rings. The molecule has 2 heterocycles. The lowest BCUT2D eigenvalue weighted by atomic mass is 10.1. The van der Waals surface area contributed by atoms with Gasteiger partial charge in [-0.2, -0.15) is 5.10 Å². The van der Waals surface area contributed by atoms with Crippen LogP contribution >= 0.6 is 0 Å². The number of hydrogen-bond donors (Lipinski definition) is 2. The van der Waals surface area contributed by atoms with Crippen molar-refractivity contribution in [3.63, 3.8) is 0 Å². The van der Waals surface area contributed by atoms with Gasteiger partial charge in [-0.15, -0.1) is 0 Å². The molecule has 5 nitrogen and oxygen atoms in total. The lowest BCUT2D eigenvalue weighted by Crippen LogP contribution is -2.32. The van der Waals surface area contributed by atoms with Crippen molar-refractivity contribution in [3.05, 3.63) is 30.0 Å². The highest BCUT2D eigenvalue weighted by Crippen LogP contribution is 2.48. The first kappa shape index (κ1) is 12.8. The predicted octanol–water partition coefficient (Wildman–Crippen LogP) is 1.22. The third-order valence-electron chi connectivity index (χ3n) is 4.95. The maximum Gasteiger partial charge on any atom is 0.224 e. The van der Waals surface area contributed by atoms with Crippen LogP contribution in [0.1, 0.15) is 18.7 Å². The van der Waals surface area contributed by atoms with Gasteiger partial charge in [-0.3, -0.25) is 9.48 Å². The van der Waals surface area contributed by atoms with Gasteiger partial charge < -0.3 is 10.6 Å². The van der Waals surface area contributed by atoms with Crippen molar-refractivity contribution in [2.45, 2.75) is 13.0 Å². The zero-order chi connectivity index (χ0) is 14.6. The van der Waals surface area contributed by atoms with Crippen molar-refractivity contribution in [2.75, 3.05) is 13.1 Å². The highest BCUT2D eigenvalue weighted by Gasteiger charge is 2.56. The van der Waals surface area contributed by atoms with Crippen LogP contribution < -0.4 is 10.6 Å². The fourth-order valence-corrected chi connectivity index (χ4v) is 3.75. The number of nitrogens with one attached hydrogen (secondary N) is 2. The third-order valence-corrected chi connectivity index (χ3v) is 4.95. The minimum Gasteiger partial charge on any atom is -0.348 e. The fourth-order valence-electron chi connectivity index (χ4n) is 3.75. The zero-order valence-electron chi connectivity index (χ0n) is 12.3. The molecular weight excluding hydrogens is 264 g/mol. The number of para-hydroxylation sites is 1. The Bertz CT molecular complexity index is 697. The van der Waals surface area contributed by atoms with E-state index in [1.165, 1.54) is 0 Å². The lowest BCUT2D eigenvalue weighted by molar-refractivity contribution is -0.123. The standard InChI is InChI=1S/C16H20N4O/c1-9(18-16(21)14-11-7-17-8-12(11)14)15-10-5-3-4-6-13(10)20(2)19-15/h3-6,9,11-12,14,17H,7-8H2,1-2H3,(H,18,21)/t9?,11-,12?,14+/m1/s1. The van der Waals surface area contributed by atoms with Gasteiger partial charge in [0.1, 0.15) is 0 Å². The largest absolute Gasteiger partial charge is 0.348 e. The average molecular weight is 284 g/mol. The van der Waals surface area contributed by atoms with Crippen LogP contribution in [0.3, 0.4) is 0 Å². The number of carbonyl (C=O) groups is 1. The monoisotopic (exact) mass is 284 g/mol. The summed E-state index contributed by atoms with van der Waals surface area (Å²) in [6.07, 6.45) is 0. The van der Waals surface area contributed by atoms with Gasteiger partial charge in [-0.05, 0) is 37.9 Å². The smallest absolute Gasteiger partial charge is 0.224 e. The van der Waals surface area contributed by atoms with Crippen molar-refractivity contribution in [1.82, 2.24) is 20.4 Å². The zero-order valence-corrected chi connectivity index (χ0v) is 12.3. The van der Waals surface area contributed by atoms with Gasteiger partial charge >= 0.3 is 0 Å². The quantitative estimate of drug-likeness (QED) is 0.891. The summed E-state index contributed by atoms with van der Waals surface area (Å²) in [7, 11) is 1.94. The van der Waals surface area contributed by atoms with E-state index in [0.29, 0.717) is 11.8 Å². The van der Waals surface area contributed by atoms with Crippen LogP contribution in [0.4, 0.5) is 0 Å². The summed E-state index contributed by atoms with van der Waals surface area (Å²) in [5.41, 5.74) is 2.05. The molecule has 1 aromatic heterocycles. The van der Waals surface area contributed by atoms with E-state index >= 15 is 0 Å². The highest BCUT2D eigenvalue weighted by atomic mass is 16.2. The molecule has 2 aliphatic rings. The number of benzene rings is 1. The number of nitrogens with zero attached hydrogens (tertiary/aromatic N) is 2. The number of piperidine rings is 1. The number of aromatic nitrogens is 2. The summed E-state index contributed by atoms with van der Waals surface area (Å²) in [6.45, 7) is 4.00. The summed E-state index contributed by atoms with van der Waals surface area (Å²) in [6, 6.07) is 8.08. The van der Waals surface area contributed by atoms with Gasteiger partial charge in [0.05, 0.1) is 17.3 Å². The van der Waals surface area contributed by atoms with E-state index in [1.54, 1.807) is 0 Å². The number of fused-ring (bicyclic) bond motifs is 2. The molecule has 21 heavy (non-hydrogen) atoms. The Morgan fingerprint density at radius 2 is 2.10 bits per heavy atom. The summed E-state index contributed by atoms with van der Waals surface area (Å²) < 4.78 is 1.88. The third kappa shape index (κ3) is 1.95. The van der Waals surface area contributed by atoms with Crippen molar-refractivity contribution < 1.29 is 4.79 Å². The molecule has 1 saturated carbocycles. The number of carbonyl (C=O) groups excluding carboxylic acids is 1. The molecule has 1 aliphatic heterocycles. The summed E-state index contributed by atoms with van der Waals surface area (Å²) in [5.74, 6) is 1.51. The van der Waals surface area contributed by atoms with E-state index in [0.717, 1.165) is 29.7 Å². The molecule has 4 atom stereocenters. The van der Waals surface area contributed by atoms with E-state index < -0.39 is 0 Å². The predicted molar refractivity (Wildman–Crippen MR) is 80.6 cm³/mol. The SMILES string of the molecule is CC(NC(=O)[C@@H]1C2CNC[C@H]21)c1nn(C)c2ccccc12. The minimum absolute atomic E-state index is 0.0575. The maximum atomic E-state index is 12.4. The maximum absolute atomic E-state index is 12.4. The molecule has 0 bridgehead atoms. The highest BCUT2D eigenvalue weighted by molar-refractivity contribution is 5.85. The topological polar surface area (TPSA) is 59.0 Å². The first-order valence-electron chi connectivity index (χ1n) is 7.59. The van der Waals surface area contributed by atoms with Crippen molar-refractivity contribution in [2.24, 2.45) is 24.8 Å². The first-order chi connectivity index (χ1) is 10.2. The Morgan fingerprint density at radius 1 is 1.38 bits per heavy atom.